The summed E-state index contributed by atoms with van der Waals surface area (Å²) >= 11 is 0. The normalized spacial score (nSPS) is 10.2. The number of ether oxygens (including phenoxy) is 1. The van der Waals surface area contributed by atoms with Crippen LogP contribution in [0.15, 0.2) is 12.7 Å². The van der Waals surface area contributed by atoms with Crippen molar-refractivity contribution in [2.75, 3.05) is 33.9 Å². The Labute approximate surface area is 91.4 Å². The predicted molar refractivity (Wildman–Crippen MR) is 49.8 cm³/mol. The summed E-state index contributed by atoms with van der Waals surface area (Å²) in [4.78, 5) is 16.0. The minimum atomic E-state index is -0.392. The monoisotopic (exact) mass is 223 g/mol. The summed E-state index contributed by atoms with van der Waals surface area (Å²) in [6.45, 7) is 6.85. The number of hydroxylamine groups is 3. The molecule has 0 rings (SSSR count). The zero-order valence-corrected chi connectivity index (χ0v) is 9.71. The summed E-state index contributed by atoms with van der Waals surface area (Å²) in [5, 5.41) is 0. The lowest BCUT2D eigenvalue weighted by atomic mass is 10.6. The number of quaternary nitrogens is 1. The number of carbonyl (C=O) groups excluding carboxylic acids is 1. The van der Waals surface area contributed by atoms with Crippen molar-refractivity contribution in [1.29, 1.82) is 0 Å². The molecule has 0 saturated carbocycles. The molecule has 0 amide bonds. The summed E-state index contributed by atoms with van der Waals surface area (Å²) in [6.07, 6.45) is 1.15. The molecule has 0 aliphatic heterocycles. The number of rotatable bonds is 6. The molecule has 14 heavy (non-hydrogen) atoms. The molecule has 84 valence electrons. The molecular formula is C9H18ClNO3. The lowest BCUT2D eigenvalue weighted by Crippen LogP contribution is -3.00. The van der Waals surface area contributed by atoms with Crippen LogP contribution in [-0.2, 0) is 14.4 Å². The molecule has 4 nitrogen and oxygen atoms in total. The second kappa shape index (κ2) is 7.79. The molecule has 0 aromatic heterocycles. The van der Waals surface area contributed by atoms with Gasteiger partial charge < -0.3 is 17.1 Å². The van der Waals surface area contributed by atoms with Crippen molar-refractivity contribution >= 4 is 5.97 Å². The van der Waals surface area contributed by atoms with E-state index in [2.05, 4.69) is 6.58 Å². The number of nitrogens with zero attached hydrogens (tertiary/aromatic N) is 1. The molecule has 0 fully saturated rings. The van der Waals surface area contributed by atoms with Gasteiger partial charge in [0.05, 0.1) is 14.1 Å². The molecule has 5 heteroatoms. The first-order valence-corrected chi connectivity index (χ1v) is 4.28. The van der Waals surface area contributed by atoms with Crippen LogP contribution < -0.4 is 12.4 Å². The summed E-state index contributed by atoms with van der Waals surface area (Å²) in [5.74, 6) is -0.392. The maximum absolute atomic E-state index is 10.7. The molecule has 0 spiro atoms. The maximum atomic E-state index is 10.7. The van der Waals surface area contributed by atoms with Gasteiger partial charge in [-0.3, -0.25) is 0 Å². The van der Waals surface area contributed by atoms with Crippen molar-refractivity contribution < 1.29 is 31.4 Å². The Morgan fingerprint density at radius 3 is 2.50 bits per heavy atom. The van der Waals surface area contributed by atoms with Crippen LogP contribution in [0.5, 0.6) is 0 Å². The van der Waals surface area contributed by atoms with E-state index in [1.54, 1.807) is 0 Å². The first kappa shape index (κ1) is 15.9. The molecule has 0 atom stereocenters. The van der Waals surface area contributed by atoms with E-state index in [1.807, 2.05) is 21.0 Å². The maximum Gasteiger partial charge on any atom is 0.330 e. The highest BCUT2D eigenvalue weighted by molar-refractivity contribution is 5.81. The topological polar surface area (TPSA) is 35.5 Å². The lowest BCUT2D eigenvalue weighted by Gasteiger charge is -2.25. The van der Waals surface area contributed by atoms with Crippen LogP contribution in [0.1, 0.15) is 6.92 Å². The molecular weight excluding hydrogens is 206 g/mol. The number of halogens is 1. The molecule has 0 saturated heterocycles. The molecule has 0 bridgehead atoms. The van der Waals surface area contributed by atoms with E-state index >= 15 is 0 Å². The first-order chi connectivity index (χ1) is 6.02. The van der Waals surface area contributed by atoms with Crippen molar-refractivity contribution in [3.8, 4) is 0 Å². The van der Waals surface area contributed by atoms with Crippen LogP contribution >= 0.6 is 0 Å². The van der Waals surface area contributed by atoms with Crippen molar-refractivity contribution in [3.05, 3.63) is 12.7 Å². The molecule has 0 radical (unpaired) electrons. The highest BCUT2D eigenvalue weighted by atomic mass is 35.5. The van der Waals surface area contributed by atoms with Crippen LogP contribution in [0.2, 0.25) is 0 Å². The van der Waals surface area contributed by atoms with Gasteiger partial charge in [0.1, 0.15) is 19.8 Å². The van der Waals surface area contributed by atoms with Crippen molar-refractivity contribution in [2.45, 2.75) is 6.92 Å². The smallest absolute Gasteiger partial charge is 0.330 e. The Kier molecular flexibility index (Phi) is 8.83. The van der Waals surface area contributed by atoms with Gasteiger partial charge in [-0.05, 0) is 6.92 Å². The summed E-state index contributed by atoms with van der Waals surface area (Å²) in [6, 6.07) is 0. The minimum Gasteiger partial charge on any atom is -1.00 e. The zero-order chi connectivity index (χ0) is 10.3. The molecule has 0 heterocycles. The van der Waals surface area contributed by atoms with E-state index in [0.717, 1.165) is 6.08 Å². The third-order valence-electron chi connectivity index (χ3n) is 1.52. The average Bonchev–Trinajstić information content (AvgIpc) is 2.03. The fraction of sp³-hybridized carbons (Fsp3) is 0.667. The Bertz CT molecular complexity index is 183. The first-order valence-electron chi connectivity index (χ1n) is 4.28. The molecule has 0 aromatic rings. The molecule has 0 N–H and O–H groups in total. The number of carbonyl (C=O) groups is 1. The average molecular weight is 224 g/mol. The van der Waals surface area contributed by atoms with E-state index in [9.17, 15) is 4.79 Å². The van der Waals surface area contributed by atoms with Gasteiger partial charge in [-0.2, -0.15) is 4.65 Å². The van der Waals surface area contributed by atoms with Crippen LogP contribution in [0, 0.1) is 0 Å². The summed E-state index contributed by atoms with van der Waals surface area (Å²) < 4.78 is 5.21. The predicted octanol–water partition coefficient (Wildman–Crippen LogP) is -2.25. The number of hydrogen-bond acceptors (Lipinski definition) is 3. The molecule has 0 aliphatic rings. The van der Waals surface area contributed by atoms with E-state index in [0.29, 0.717) is 24.4 Å². The SMILES string of the molecule is C=CC(=O)OCC[N+](C)(C)OCC.[Cl-]. The Morgan fingerprint density at radius 2 is 2.07 bits per heavy atom. The summed E-state index contributed by atoms with van der Waals surface area (Å²) in [7, 11) is 3.82. The number of likely N-dealkylation sites (N-methyl/N-ethyl adjacent to an activating group) is 1. The van der Waals surface area contributed by atoms with E-state index in [4.69, 9.17) is 9.57 Å². The quantitative estimate of drug-likeness (QED) is 0.221. The van der Waals surface area contributed by atoms with Gasteiger partial charge in [0.25, 0.3) is 0 Å². The van der Waals surface area contributed by atoms with Crippen LogP contribution in [0.4, 0.5) is 0 Å². The van der Waals surface area contributed by atoms with Crippen molar-refractivity contribution in [1.82, 2.24) is 0 Å². The lowest BCUT2D eigenvalue weighted by molar-refractivity contribution is -1.08. The second-order valence-electron chi connectivity index (χ2n) is 3.09. The van der Waals surface area contributed by atoms with Gasteiger partial charge in [-0.1, -0.05) is 6.58 Å². The second-order valence-corrected chi connectivity index (χ2v) is 3.09. The van der Waals surface area contributed by atoms with E-state index in [1.165, 1.54) is 0 Å². The van der Waals surface area contributed by atoms with Gasteiger partial charge in [-0.15, -0.1) is 0 Å². The van der Waals surface area contributed by atoms with E-state index in [-0.39, 0.29) is 12.4 Å². The Morgan fingerprint density at radius 1 is 1.50 bits per heavy atom. The highest BCUT2D eigenvalue weighted by Gasteiger charge is 2.15. The van der Waals surface area contributed by atoms with Gasteiger partial charge in [0, 0.05) is 6.08 Å². The van der Waals surface area contributed by atoms with Crippen LogP contribution in [0.25, 0.3) is 0 Å². The van der Waals surface area contributed by atoms with Crippen LogP contribution in [-0.4, -0.2) is 44.5 Å². The fourth-order valence-electron chi connectivity index (χ4n) is 0.839. The third-order valence-corrected chi connectivity index (χ3v) is 1.52. The van der Waals surface area contributed by atoms with Gasteiger partial charge >= 0.3 is 5.97 Å². The third kappa shape index (κ3) is 8.04. The molecule has 0 unspecified atom stereocenters. The molecule has 0 aromatic carbocycles. The minimum absolute atomic E-state index is 0. The van der Waals surface area contributed by atoms with Crippen molar-refractivity contribution in [3.63, 3.8) is 0 Å². The van der Waals surface area contributed by atoms with Gasteiger partial charge in [0.15, 0.2) is 0 Å². The van der Waals surface area contributed by atoms with Crippen LogP contribution in [0.3, 0.4) is 0 Å². The number of esters is 1. The Hall–Kier alpha value is -0.580. The van der Waals surface area contributed by atoms with Crippen molar-refractivity contribution in [2.24, 2.45) is 0 Å². The standard InChI is InChI=1S/C9H18NO3.ClH/c1-5-9(11)12-8-7-10(3,4)13-6-2;/h5H,1,6-8H2,2-4H3;1H/q+1;/p-1. The van der Waals surface area contributed by atoms with Gasteiger partial charge in [0.2, 0.25) is 0 Å². The highest BCUT2D eigenvalue weighted by Crippen LogP contribution is 1.98. The largest absolute Gasteiger partial charge is 1.00 e. The number of hydrogen-bond donors (Lipinski definition) is 0. The zero-order valence-electron chi connectivity index (χ0n) is 8.96. The van der Waals surface area contributed by atoms with Gasteiger partial charge in [-0.25, -0.2) is 9.63 Å². The Balaban J connectivity index is 0. The fourth-order valence-corrected chi connectivity index (χ4v) is 0.839. The van der Waals surface area contributed by atoms with E-state index < -0.39 is 5.97 Å². The molecule has 0 aliphatic carbocycles. The summed E-state index contributed by atoms with van der Waals surface area (Å²) in [5.41, 5.74) is 0.